The SMILES string of the molecule is CO/N=C(/C)c1cc(C)cc(C)c1NC(=O)c1sccc1S(=O)(=O)Nc1onc(C)c1Cl. The molecule has 0 aliphatic carbocycles. The van der Waals surface area contributed by atoms with Crippen LogP contribution in [0.4, 0.5) is 11.6 Å². The van der Waals surface area contributed by atoms with Gasteiger partial charge in [-0.15, -0.1) is 11.3 Å². The zero-order chi connectivity index (χ0) is 23.6. The van der Waals surface area contributed by atoms with Crippen LogP contribution in [0.15, 0.2) is 38.2 Å². The first kappa shape index (κ1) is 23.8. The Kier molecular flexibility index (Phi) is 6.91. The average molecular weight is 497 g/mol. The number of hydrogen-bond acceptors (Lipinski definition) is 8. The maximum absolute atomic E-state index is 13.1. The summed E-state index contributed by atoms with van der Waals surface area (Å²) in [6, 6.07) is 5.10. The summed E-state index contributed by atoms with van der Waals surface area (Å²) in [5.41, 5.74) is 3.85. The Morgan fingerprint density at radius 1 is 1.28 bits per heavy atom. The van der Waals surface area contributed by atoms with Gasteiger partial charge in [0.2, 0.25) is 0 Å². The summed E-state index contributed by atoms with van der Waals surface area (Å²) in [6.45, 7) is 7.09. The molecule has 2 aromatic heterocycles. The Hall–Kier alpha value is -2.89. The Morgan fingerprint density at radius 2 is 2.00 bits per heavy atom. The second-order valence-corrected chi connectivity index (χ2v) is 9.89. The Balaban J connectivity index is 1.96. The molecule has 2 N–H and O–H groups in total. The number of aryl methyl sites for hydroxylation is 3. The van der Waals surface area contributed by atoms with Gasteiger partial charge in [-0.05, 0) is 50.8 Å². The summed E-state index contributed by atoms with van der Waals surface area (Å²) >= 11 is 7.00. The summed E-state index contributed by atoms with van der Waals surface area (Å²) in [6.07, 6.45) is 0. The molecule has 0 atom stereocenters. The molecular weight excluding hydrogens is 476 g/mol. The van der Waals surface area contributed by atoms with E-state index in [-0.39, 0.29) is 20.7 Å². The number of oxime groups is 1. The van der Waals surface area contributed by atoms with Crippen LogP contribution in [0.3, 0.4) is 0 Å². The highest BCUT2D eigenvalue weighted by molar-refractivity contribution is 7.93. The predicted octanol–water partition coefficient (Wildman–Crippen LogP) is 4.74. The highest BCUT2D eigenvalue weighted by Crippen LogP contribution is 2.31. The molecule has 1 aromatic carbocycles. The first-order chi connectivity index (χ1) is 15.0. The van der Waals surface area contributed by atoms with Gasteiger partial charge in [0.05, 0.1) is 11.4 Å². The molecule has 0 unspecified atom stereocenters. The molecule has 0 saturated carbocycles. The lowest BCUT2D eigenvalue weighted by molar-refractivity contribution is 0.102. The van der Waals surface area contributed by atoms with E-state index in [1.54, 1.807) is 13.8 Å². The number of hydrogen-bond donors (Lipinski definition) is 2. The van der Waals surface area contributed by atoms with Crippen LogP contribution in [-0.4, -0.2) is 32.3 Å². The molecular formula is C20H21ClN4O5S2. The molecule has 170 valence electrons. The van der Waals surface area contributed by atoms with Gasteiger partial charge in [-0.2, -0.15) is 0 Å². The number of nitrogens with one attached hydrogen (secondary N) is 2. The van der Waals surface area contributed by atoms with Crippen LogP contribution in [0.5, 0.6) is 0 Å². The number of carbonyl (C=O) groups is 1. The van der Waals surface area contributed by atoms with Gasteiger partial charge in [0.1, 0.15) is 27.6 Å². The van der Waals surface area contributed by atoms with Gasteiger partial charge in [0, 0.05) is 5.56 Å². The van der Waals surface area contributed by atoms with Crippen LogP contribution in [0.25, 0.3) is 0 Å². The van der Waals surface area contributed by atoms with Gasteiger partial charge in [-0.3, -0.25) is 4.79 Å². The lowest BCUT2D eigenvalue weighted by atomic mass is 10.0. The molecule has 3 rings (SSSR count). The quantitative estimate of drug-likeness (QED) is 0.360. The molecule has 12 heteroatoms. The van der Waals surface area contributed by atoms with Gasteiger partial charge in [-0.25, -0.2) is 13.1 Å². The lowest BCUT2D eigenvalue weighted by Gasteiger charge is -2.15. The molecule has 0 saturated heterocycles. The van der Waals surface area contributed by atoms with Crippen LogP contribution in [0, 0.1) is 20.8 Å². The highest BCUT2D eigenvalue weighted by Gasteiger charge is 2.27. The number of carbonyl (C=O) groups excluding carboxylic acids is 1. The van der Waals surface area contributed by atoms with E-state index in [2.05, 4.69) is 20.4 Å². The molecule has 9 nitrogen and oxygen atoms in total. The Labute approximate surface area is 194 Å². The van der Waals surface area contributed by atoms with Crippen molar-refractivity contribution in [2.24, 2.45) is 5.16 Å². The summed E-state index contributed by atoms with van der Waals surface area (Å²) in [4.78, 5) is 17.8. The minimum Gasteiger partial charge on any atom is -0.399 e. The minimum absolute atomic E-state index is 0.00267. The van der Waals surface area contributed by atoms with Crippen LogP contribution >= 0.6 is 22.9 Å². The third kappa shape index (κ3) is 4.79. The molecule has 1 amide bonds. The molecule has 0 radical (unpaired) electrons. The largest absolute Gasteiger partial charge is 0.399 e. The van der Waals surface area contributed by atoms with Crippen molar-refractivity contribution < 1.29 is 22.6 Å². The molecule has 0 aliphatic rings. The summed E-state index contributed by atoms with van der Waals surface area (Å²) in [7, 11) is -2.73. The van der Waals surface area contributed by atoms with E-state index in [0.717, 1.165) is 22.5 Å². The molecule has 0 spiro atoms. The van der Waals surface area contributed by atoms with Crippen molar-refractivity contribution >= 4 is 56.2 Å². The van der Waals surface area contributed by atoms with Crippen molar-refractivity contribution in [2.75, 3.05) is 17.1 Å². The molecule has 2 heterocycles. The fourth-order valence-electron chi connectivity index (χ4n) is 3.05. The van der Waals surface area contributed by atoms with Gasteiger partial charge in [0.25, 0.3) is 21.8 Å². The Morgan fingerprint density at radius 3 is 2.62 bits per heavy atom. The van der Waals surface area contributed by atoms with E-state index in [1.165, 1.54) is 18.6 Å². The van der Waals surface area contributed by atoms with E-state index >= 15 is 0 Å². The third-order valence-electron chi connectivity index (χ3n) is 4.48. The monoisotopic (exact) mass is 496 g/mol. The second-order valence-electron chi connectivity index (χ2n) is 6.95. The number of halogens is 1. The van der Waals surface area contributed by atoms with Gasteiger partial charge in [-0.1, -0.05) is 33.5 Å². The van der Waals surface area contributed by atoms with E-state index in [9.17, 15) is 13.2 Å². The number of thiophene rings is 1. The van der Waals surface area contributed by atoms with Crippen LogP contribution in [0.2, 0.25) is 5.02 Å². The summed E-state index contributed by atoms with van der Waals surface area (Å²) in [5.74, 6) is -0.802. The first-order valence-electron chi connectivity index (χ1n) is 9.28. The molecule has 0 fully saturated rings. The Bertz CT molecular complexity index is 1310. The van der Waals surface area contributed by atoms with E-state index in [1.807, 2.05) is 26.0 Å². The number of benzene rings is 1. The fourth-order valence-corrected chi connectivity index (χ4v) is 5.54. The van der Waals surface area contributed by atoms with Gasteiger partial charge >= 0.3 is 0 Å². The van der Waals surface area contributed by atoms with E-state index in [0.29, 0.717) is 22.7 Å². The average Bonchev–Trinajstić information content (AvgIpc) is 3.33. The van der Waals surface area contributed by atoms with Crippen molar-refractivity contribution in [3.05, 3.63) is 55.9 Å². The maximum Gasteiger partial charge on any atom is 0.267 e. The molecule has 32 heavy (non-hydrogen) atoms. The minimum atomic E-state index is -4.16. The fraction of sp³-hybridized carbons (Fsp3) is 0.250. The zero-order valence-electron chi connectivity index (χ0n) is 17.9. The van der Waals surface area contributed by atoms with Crippen molar-refractivity contribution in [1.82, 2.24) is 5.16 Å². The number of nitrogens with zero attached hydrogens (tertiary/aromatic N) is 2. The topological polar surface area (TPSA) is 123 Å². The van der Waals surface area contributed by atoms with E-state index < -0.39 is 15.9 Å². The number of rotatable bonds is 7. The lowest BCUT2D eigenvalue weighted by Crippen LogP contribution is -2.20. The molecule has 0 bridgehead atoms. The third-order valence-corrected chi connectivity index (χ3v) is 7.34. The smallest absolute Gasteiger partial charge is 0.267 e. The number of sulfonamides is 1. The molecule has 3 aromatic rings. The normalized spacial score (nSPS) is 12.0. The summed E-state index contributed by atoms with van der Waals surface area (Å²) in [5, 5.41) is 12.0. The summed E-state index contributed by atoms with van der Waals surface area (Å²) < 4.78 is 33.0. The second kappa shape index (κ2) is 9.31. The van der Waals surface area contributed by atoms with Gasteiger partial charge < -0.3 is 14.7 Å². The van der Waals surface area contributed by atoms with Crippen LogP contribution in [0.1, 0.15) is 39.0 Å². The number of anilines is 2. The number of amides is 1. The van der Waals surface area contributed by atoms with Crippen molar-refractivity contribution in [3.8, 4) is 0 Å². The van der Waals surface area contributed by atoms with E-state index in [4.69, 9.17) is 21.0 Å². The molecule has 0 aliphatic heterocycles. The van der Waals surface area contributed by atoms with Crippen molar-refractivity contribution in [2.45, 2.75) is 32.6 Å². The van der Waals surface area contributed by atoms with Crippen molar-refractivity contribution in [3.63, 3.8) is 0 Å². The van der Waals surface area contributed by atoms with Crippen LogP contribution in [-0.2, 0) is 14.9 Å². The predicted molar refractivity (Wildman–Crippen MR) is 124 cm³/mol. The highest BCUT2D eigenvalue weighted by atomic mass is 35.5. The van der Waals surface area contributed by atoms with Crippen LogP contribution < -0.4 is 10.0 Å². The first-order valence-corrected chi connectivity index (χ1v) is 12.0. The zero-order valence-corrected chi connectivity index (χ0v) is 20.3. The number of aromatic nitrogens is 1. The van der Waals surface area contributed by atoms with Crippen molar-refractivity contribution in [1.29, 1.82) is 0 Å². The standard InChI is InChI=1S/C20H21ClN4O5S2/c1-10-8-11(2)17(14(9-10)12(3)23-29-5)22-19(26)18-15(6-7-31-18)32(27,28)25-20-16(21)13(4)24-30-20/h6-9,25H,1-5H3,(H,22,26)/b23-12-. The van der Waals surface area contributed by atoms with Gasteiger partial charge in [0.15, 0.2) is 0 Å². The maximum atomic E-state index is 13.1.